The average Bonchev–Trinajstić information content (AvgIpc) is 2.61. The molecule has 2 rings (SSSR count). The van der Waals surface area contributed by atoms with E-state index in [9.17, 15) is 9.36 Å². The van der Waals surface area contributed by atoms with Crippen LogP contribution in [0.15, 0.2) is 60.7 Å². The van der Waals surface area contributed by atoms with Crippen LogP contribution < -0.4 is 0 Å². The maximum absolute atomic E-state index is 12.7. The molecule has 0 aliphatic heterocycles. The van der Waals surface area contributed by atoms with Crippen molar-refractivity contribution in [2.24, 2.45) is 0 Å². The van der Waals surface area contributed by atoms with Gasteiger partial charge in [0, 0.05) is 6.42 Å². The number of carbonyl (C=O) groups excluding carboxylic acids is 1. The molecule has 2 aromatic rings. The van der Waals surface area contributed by atoms with Crippen molar-refractivity contribution in [2.45, 2.75) is 19.6 Å². The first-order chi connectivity index (χ1) is 11.2. The Labute approximate surface area is 135 Å². The summed E-state index contributed by atoms with van der Waals surface area (Å²) in [6.45, 7) is 0.201. The lowest BCUT2D eigenvalue weighted by Crippen LogP contribution is -2.03. The molecule has 0 aromatic heterocycles. The van der Waals surface area contributed by atoms with Gasteiger partial charge in [0.15, 0.2) is 0 Å². The van der Waals surface area contributed by atoms with Crippen LogP contribution in [0.4, 0.5) is 0 Å². The highest BCUT2D eigenvalue weighted by atomic mass is 31.2. The van der Waals surface area contributed by atoms with Crippen LogP contribution in [0.5, 0.6) is 0 Å². The van der Waals surface area contributed by atoms with Gasteiger partial charge in [-0.2, -0.15) is 0 Å². The summed E-state index contributed by atoms with van der Waals surface area (Å²) < 4.78 is 28.6. The molecule has 0 atom stereocenters. The molecule has 0 radical (unpaired) electrons. The zero-order chi connectivity index (χ0) is 16.4. The minimum absolute atomic E-state index is 0.00957. The van der Waals surface area contributed by atoms with Crippen molar-refractivity contribution >= 4 is 14.1 Å². The van der Waals surface area contributed by atoms with Gasteiger partial charge in [-0.15, -0.1) is 0 Å². The standard InChI is InChI=1S/C17H19O5P/c18-12-7-13-20-23(19,21-14-16-8-3-1-4-9-16)22-15-17-10-5-2-6-11-17/h1-6,8-12H,7,13-15H2. The van der Waals surface area contributed by atoms with Gasteiger partial charge < -0.3 is 4.79 Å². The van der Waals surface area contributed by atoms with Crippen LogP contribution in [0.25, 0.3) is 0 Å². The SMILES string of the molecule is O=CCCOP(=O)(OCc1ccccc1)OCc1ccccc1. The normalized spacial score (nSPS) is 11.3. The molecule has 0 saturated carbocycles. The Kier molecular flexibility index (Phi) is 7.17. The summed E-state index contributed by atoms with van der Waals surface area (Å²) in [5.74, 6) is 0. The largest absolute Gasteiger partial charge is 0.475 e. The van der Waals surface area contributed by atoms with Crippen molar-refractivity contribution < 1.29 is 22.9 Å². The van der Waals surface area contributed by atoms with E-state index in [4.69, 9.17) is 13.6 Å². The van der Waals surface area contributed by atoms with Crippen molar-refractivity contribution in [3.8, 4) is 0 Å². The first-order valence-corrected chi connectivity index (χ1v) is 8.73. The fourth-order valence-electron chi connectivity index (χ4n) is 1.78. The molecule has 0 amide bonds. The molecule has 5 nitrogen and oxygen atoms in total. The highest BCUT2D eigenvalue weighted by molar-refractivity contribution is 7.48. The highest BCUT2D eigenvalue weighted by Crippen LogP contribution is 2.50. The van der Waals surface area contributed by atoms with E-state index < -0.39 is 7.82 Å². The van der Waals surface area contributed by atoms with Gasteiger partial charge in [0.1, 0.15) is 6.29 Å². The lowest BCUT2D eigenvalue weighted by atomic mass is 10.2. The van der Waals surface area contributed by atoms with E-state index in [1.807, 2.05) is 60.7 Å². The quantitative estimate of drug-likeness (QED) is 0.371. The molecule has 0 saturated heterocycles. The van der Waals surface area contributed by atoms with Gasteiger partial charge in [0.05, 0.1) is 19.8 Å². The van der Waals surface area contributed by atoms with E-state index >= 15 is 0 Å². The fraction of sp³-hybridized carbons (Fsp3) is 0.235. The predicted octanol–water partition coefficient (Wildman–Crippen LogP) is 4.13. The van der Waals surface area contributed by atoms with Crippen LogP contribution in [-0.4, -0.2) is 12.9 Å². The molecule has 2 aromatic carbocycles. The molecule has 122 valence electrons. The lowest BCUT2D eigenvalue weighted by molar-refractivity contribution is -0.108. The maximum atomic E-state index is 12.7. The molecule has 0 aliphatic rings. The van der Waals surface area contributed by atoms with E-state index in [1.165, 1.54) is 0 Å². The molecule has 0 N–H and O–H groups in total. The summed E-state index contributed by atoms with van der Waals surface area (Å²) in [7, 11) is -3.74. The van der Waals surface area contributed by atoms with Crippen molar-refractivity contribution in [1.82, 2.24) is 0 Å². The molecule has 0 heterocycles. The van der Waals surface area contributed by atoms with Gasteiger partial charge in [0.2, 0.25) is 0 Å². The number of hydrogen-bond donors (Lipinski definition) is 0. The lowest BCUT2D eigenvalue weighted by Gasteiger charge is -2.17. The number of hydrogen-bond acceptors (Lipinski definition) is 5. The number of benzene rings is 2. The summed E-state index contributed by atoms with van der Waals surface area (Å²) in [5, 5.41) is 0. The number of carbonyl (C=O) groups is 1. The van der Waals surface area contributed by atoms with Crippen LogP contribution in [-0.2, 0) is 36.1 Å². The van der Waals surface area contributed by atoms with Gasteiger partial charge in [-0.1, -0.05) is 60.7 Å². The third-order valence-electron chi connectivity index (χ3n) is 2.95. The molecule has 0 bridgehead atoms. The second-order valence-corrected chi connectivity index (χ2v) is 6.42. The highest BCUT2D eigenvalue weighted by Gasteiger charge is 2.26. The second-order valence-electron chi connectivity index (χ2n) is 4.75. The first kappa shape index (κ1) is 17.6. The number of rotatable bonds is 10. The van der Waals surface area contributed by atoms with Gasteiger partial charge in [-0.3, -0.25) is 13.6 Å². The minimum atomic E-state index is -3.74. The van der Waals surface area contributed by atoms with E-state index in [0.717, 1.165) is 11.1 Å². The van der Waals surface area contributed by atoms with Crippen molar-refractivity contribution in [1.29, 1.82) is 0 Å². The number of aldehydes is 1. The zero-order valence-electron chi connectivity index (χ0n) is 12.7. The summed E-state index contributed by atoms with van der Waals surface area (Å²) in [5.41, 5.74) is 1.71. The van der Waals surface area contributed by atoms with Crippen molar-refractivity contribution in [3.63, 3.8) is 0 Å². The Morgan fingerprint density at radius 2 is 1.26 bits per heavy atom. The van der Waals surface area contributed by atoms with Crippen molar-refractivity contribution in [3.05, 3.63) is 71.8 Å². The average molecular weight is 334 g/mol. The van der Waals surface area contributed by atoms with Crippen molar-refractivity contribution in [2.75, 3.05) is 6.61 Å². The van der Waals surface area contributed by atoms with Gasteiger partial charge in [0.25, 0.3) is 0 Å². The van der Waals surface area contributed by atoms with Crippen LogP contribution in [0.1, 0.15) is 17.5 Å². The van der Waals surface area contributed by atoms with E-state index in [2.05, 4.69) is 0 Å². The fourth-order valence-corrected chi connectivity index (χ4v) is 2.95. The third kappa shape index (κ3) is 6.47. The van der Waals surface area contributed by atoms with Gasteiger partial charge in [-0.05, 0) is 11.1 Å². The Morgan fingerprint density at radius 1 is 0.783 bits per heavy atom. The Morgan fingerprint density at radius 3 is 1.70 bits per heavy atom. The van der Waals surface area contributed by atoms with Crippen LogP contribution in [0, 0.1) is 0 Å². The van der Waals surface area contributed by atoms with Gasteiger partial charge >= 0.3 is 7.82 Å². The summed E-state index contributed by atoms with van der Waals surface area (Å²) in [6.07, 6.45) is 0.826. The Hall–Kier alpha value is -1.78. The summed E-state index contributed by atoms with van der Waals surface area (Å²) in [4.78, 5) is 10.4. The number of phosphoric ester groups is 1. The summed E-state index contributed by atoms with van der Waals surface area (Å²) in [6, 6.07) is 18.6. The zero-order valence-corrected chi connectivity index (χ0v) is 13.6. The van der Waals surface area contributed by atoms with E-state index in [1.54, 1.807) is 0 Å². The predicted molar refractivity (Wildman–Crippen MR) is 86.7 cm³/mol. The smallest absolute Gasteiger partial charge is 0.303 e. The molecular formula is C17H19O5P. The molecule has 0 aliphatic carbocycles. The molecule has 0 spiro atoms. The van der Waals surface area contributed by atoms with Gasteiger partial charge in [-0.25, -0.2) is 4.57 Å². The molecule has 0 unspecified atom stereocenters. The Bertz CT molecular complexity index is 582. The number of phosphoric acid groups is 1. The monoisotopic (exact) mass is 334 g/mol. The molecule has 6 heteroatoms. The third-order valence-corrected chi connectivity index (χ3v) is 4.34. The van der Waals surface area contributed by atoms with E-state index in [-0.39, 0.29) is 26.2 Å². The Balaban J connectivity index is 1.96. The van der Waals surface area contributed by atoms with E-state index in [0.29, 0.717) is 6.29 Å². The topological polar surface area (TPSA) is 61.8 Å². The summed E-state index contributed by atoms with van der Waals surface area (Å²) >= 11 is 0. The molecular weight excluding hydrogens is 315 g/mol. The minimum Gasteiger partial charge on any atom is -0.303 e. The first-order valence-electron chi connectivity index (χ1n) is 7.27. The van der Waals surface area contributed by atoms with Crippen LogP contribution in [0.2, 0.25) is 0 Å². The molecule has 23 heavy (non-hydrogen) atoms. The molecule has 0 fully saturated rings. The van der Waals surface area contributed by atoms with Crippen LogP contribution >= 0.6 is 7.82 Å². The maximum Gasteiger partial charge on any atom is 0.475 e. The van der Waals surface area contributed by atoms with Crippen LogP contribution in [0.3, 0.4) is 0 Å². The second kappa shape index (κ2) is 9.38.